The normalized spacial score (nSPS) is 11.6. The lowest BCUT2D eigenvalue weighted by molar-refractivity contribution is -0.143. The maximum Gasteiger partial charge on any atom is 0.434 e. The number of amides is 1. The molecule has 0 aliphatic rings. The molecule has 0 unspecified atom stereocenters. The van der Waals surface area contributed by atoms with Gasteiger partial charge in [0.1, 0.15) is 5.75 Å². The zero-order valence-corrected chi connectivity index (χ0v) is 25.5. The number of halogens is 4. The van der Waals surface area contributed by atoms with Crippen molar-refractivity contribution < 1.29 is 31.8 Å². The van der Waals surface area contributed by atoms with Gasteiger partial charge in [0.05, 0.1) is 44.8 Å². The van der Waals surface area contributed by atoms with E-state index in [1.54, 1.807) is 37.6 Å². The fourth-order valence-electron chi connectivity index (χ4n) is 4.73. The zero-order chi connectivity index (χ0) is 33.0. The number of nitrogens with zero attached hydrogens (tertiary/aromatic N) is 4. The summed E-state index contributed by atoms with van der Waals surface area (Å²) >= 11 is 1.38. The lowest BCUT2D eigenvalue weighted by Gasteiger charge is -2.13. The summed E-state index contributed by atoms with van der Waals surface area (Å²) in [7, 11) is 1.65. The van der Waals surface area contributed by atoms with Crippen LogP contribution in [0.2, 0.25) is 0 Å². The second kappa shape index (κ2) is 13.7. The number of rotatable bonds is 11. The lowest BCUT2D eigenvalue weighted by Crippen LogP contribution is -2.20. The molecule has 2 N–H and O–H groups in total. The van der Waals surface area contributed by atoms with Crippen molar-refractivity contribution >= 4 is 33.1 Å². The van der Waals surface area contributed by atoms with Crippen molar-refractivity contribution in [2.75, 3.05) is 25.6 Å². The smallest absolute Gasteiger partial charge is 0.434 e. The Morgan fingerprint density at radius 3 is 2.53 bits per heavy atom. The summed E-state index contributed by atoms with van der Waals surface area (Å²) in [5.74, 6) is -1.73. The molecular weight excluding hydrogens is 636 g/mol. The number of pyridine rings is 2. The summed E-state index contributed by atoms with van der Waals surface area (Å²) in [6, 6.07) is 18.6. The number of carbonyl (C=O) groups is 1. The molecule has 0 bridgehead atoms. The number of benzene rings is 2. The van der Waals surface area contributed by atoms with Crippen LogP contribution in [-0.4, -0.2) is 45.9 Å². The van der Waals surface area contributed by atoms with Gasteiger partial charge in [0.25, 0.3) is 5.91 Å². The van der Waals surface area contributed by atoms with Gasteiger partial charge in [-0.05, 0) is 42.0 Å². The fraction of sp³-hybridized carbons (Fsp3) is 0.152. The van der Waals surface area contributed by atoms with E-state index in [0.717, 1.165) is 34.9 Å². The van der Waals surface area contributed by atoms with E-state index in [1.807, 2.05) is 18.2 Å². The van der Waals surface area contributed by atoms with E-state index in [1.165, 1.54) is 41.8 Å². The Balaban J connectivity index is 1.18. The van der Waals surface area contributed by atoms with Gasteiger partial charge in [-0.1, -0.05) is 24.3 Å². The Labute approximate surface area is 269 Å². The number of anilines is 1. The number of aromatic nitrogens is 4. The van der Waals surface area contributed by atoms with E-state index in [2.05, 4.69) is 25.7 Å². The van der Waals surface area contributed by atoms with Crippen LogP contribution in [0, 0.1) is 5.82 Å². The van der Waals surface area contributed by atoms with Crippen molar-refractivity contribution in [3.63, 3.8) is 0 Å². The average molecular weight is 663 g/mol. The maximum atomic E-state index is 15.2. The highest BCUT2D eigenvalue weighted by Gasteiger charge is 2.40. The van der Waals surface area contributed by atoms with Crippen LogP contribution in [-0.2, 0) is 17.5 Å². The third kappa shape index (κ3) is 7.14. The molecule has 0 atom stereocenters. The molecule has 4 heterocycles. The first kappa shape index (κ1) is 31.8. The van der Waals surface area contributed by atoms with Crippen LogP contribution in [0.5, 0.6) is 11.5 Å². The molecule has 4 aromatic heterocycles. The summed E-state index contributed by atoms with van der Waals surface area (Å²) in [6.45, 7) is 2.00. The monoisotopic (exact) mass is 662 g/mol. The van der Waals surface area contributed by atoms with Gasteiger partial charge in [-0.3, -0.25) is 14.8 Å². The van der Waals surface area contributed by atoms with E-state index in [4.69, 9.17) is 9.47 Å². The zero-order valence-electron chi connectivity index (χ0n) is 24.7. The second-order valence-electron chi connectivity index (χ2n) is 10.2. The van der Waals surface area contributed by atoms with Gasteiger partial charge in [-0.25, -0.2) is 9.07 Å². The predicted molar refractivity (Wildman–Crippen MR) is 169 cm³/mol. The molecule has 240 valence electrons. The van der Waals surface area contributed by atoms with Gasteiger partial charge < -0.3 is 20.1 Å². The summed E-state index contributed by atoms with van der Waals surface area (Å²) < 4.78 is 69.5. The summed E-state index contributed by atoms with van der Waals surface area (Å²) in [4.78, 5) is 22.7. The molecule has 0 spiro atoms. The lowest BCUT2D eigenvalue weighted by atomic mass is 10.2. The van der Waals surface area contributed by atoms with Gasteiger partial charge in [0, 0.05) is 50.4 Å². The average Bonchev–Trinajstić information content (AvgIpc) is 3.72. The SMILES string of the molecule is COCCNCc1ccc(-c2cc3nccc(Oc4ccc(NC(=O)c5cnn(-c6ccccc6)c5C(F)(F)F)cc4F)c3s2)nc1. The Hall–Kier alpha value is -5.18. The van der Waals surface area contributed by atoms with Gasteiger partial charge in [0.2, 0.25) is 0 Å². The van der Waals surface area contributed by atoms with E-state index in [-0.39, 0.29) is 17.1 Å². The number of ether oxygens (including phenoxy) is 2. The van der Waals surface area contributed by atoms with E-state index >= 15 is 4.39 Å². The van der Waals surface area contributed by atoms with Gasteiger partial charge in [-0.2, -0.15) is 18.3 Å². The standard InChI is InChI=1S/C33H26F4N6O3S/c1-45-14-13-38-17-20-7-9-25(40-18-20)29-16-26-30(47-29)28(11-12-39-26)46-27-10-8-21(15-24(27)34)42-32(44)23-19-41-43(31(23)33(35,36)37)22-5-3-2-4-6-22/h2-12,15-16,18-19,38H,13-14,17H2,1H3,(H,42,44). The molecule has 0 saturated heterocycles. The van der Waals surface area contributed by atoms with Gasteiger partial charge in [-0.15, -0.1) is 11.3 Å². The number of hydrogen-bond donors (Lipinski definition) is 2. The fourth-order valence-corrected chi connectivity index (χ4v) is 5.78. The minimum Gasteiger partial charge on any atom is -0.453 e. The van der Waals surface area contributed by atoms with Crippen LogP contribution in [0.4, 0.5) is 23.2 Å². The van der Waals surface area contributed by atoms with E-state index in [9.17, 15) is 18.0 Å². The number of alkyl halides is 3. The number of methoxy groups -OCH3 is 1. The van der Waals surface area contributed by atoms with E-state index < -0.39 is 29.2 Å². The Bertz CT molecular complexity index is 2010. The first-order valence-electron chi connectivity index (χ1n) is 14.2. The first-order chi connectivity index (χ1) is 22.7. The maximum absolute atomic E-state index is 15.2. The summed E-state index contributed by atoms with van der Waals surface area (Å²) in [5, 5.41) is 9.38. The highest BCUT2D eigenvalue weighted by Crippen LogP contribution is 2.39. The number of para-hydroxylation sites is 1. The molecule has 14 heteroatoms. The largest absolute Gasteiger partial charge is 0.453 e. The van der Waals surface area contributed by atoms with E-state index in [0.29, 0.717) is 33.8 Å². The van der Waals surface area contributed by atoms with Crippen LogP contribution >= 0.6 is 11.3 Å². The summed E-state index contributed by atoms with van der Waals surface area (Å²) in [5.41, 5.74) is 0.501. The van der Waals surface area contributed by atoms with Crippen LogP contribution in [0.3, 0.4) is 0 Å². The minimum atomic E-state index is -4.89. The number of fused-ring (bicyclic) bond motifs is 1. The third-order valence-electron chi connectivity index (χ3n) is 6.96. The van der Waals surface area contributed by atoms with Crippen molar-refractivity contribution in [1.29, 1.82) is 0 Å². The highest BCUT2D eigenvalue weighted by atomic mass is 32.1. The van der Waals surface area contributed by atoms with Gasteiger partial charge >= 0.3 is 6.18 Å². The summed E-state index contributed by atoms with van der Waals surface area (Å²) in [6.07, 6.45) is -0.731. The second-order valence-corrected chi connectivity index (χ2v) is 11.3. The molecule has 1 amide bonds. The number of nitrogens with one attached hydrogen (secondary N) is 2. The Morgan fingerprint density at radius 2 is 1.81 bits per heavy atom. The predicted octanol–water partition coefficient (Wildman–Crippen LogP) is 7.48. The van der Waals surface area contributed by atoms with Crippen molar-refractivity contribution in [3.8, 4) is 27.8 Å². The molecule has 0 radical (unpaired) electrons. The molecule has 6 aromatic rings. The molecule has 47 heavy (non-hydrogen) atoms. The van der Waals surface area contributed by atoms with Crippen LogP contribution < -0.4 is 15.4 Å². The van der Waals surface area contributed by atoms with Crippen LogP contribution in [0.15, 0.2) is 91.4 Å². The van der Waals surface area contributed by atoms with Crippen molar-refractivity contribution in [2.45, 2.75) is 12.7 Å². The molecule has 9 nitrogen and oxygen atoms in total. The molecule has 0 saturated carbocycles. The minimum absolute atomic E-state index is 0.0675. The van der Waals surface area contributed by atoms with Crippen molar-refractivity contribution in [1.82, 2.24) is 25.1 Å². The van der Waals surface area contributed by atoms with Gasteiger partial charge in [0.15, 0.2) is 17.3 Å². The third-order valence-corrected chi connectivity index (χ3v) is 8.12. The molecule has 0 aliphatic heterocycles. The number of carbonyl (C=O) groups excluding carboxylic acids is 1. The molecule has 2 aromatic carbocycles. The number of thiophene rings is 1. The highest BCUT2D eigenvalue weighted by molar-refractivity contribution is 7.22. The van der Waals surface area contributed by atoms with Crippen molar-refractivity contribution in [2.24, 2.45) is 0 Å². The van der Waals surface area contributed by atoms with Crippen molar-refractivity contribution in [3.05, 3.63) is 114 Å². The first-order valence-corrected chi connectivity index (χ1v) is 15.1. The molecule has 0 aliphatic carbocycles. The Kier molecular flexibility index (Phi) is 9.24. The topological polar surface area (TPSA) is 103 Å². The molecule has 6 rings (SSSR count). The van der Waals surface area contributed by atoms with Crippen LogP contribution in [0.1, 0.15) is 21.6 Å². The molecule has 0 fully saturated rings. The molecular formula is C33H26F4N6O3S. The Morgan fingerprint density at radius 1 is 0.979 bits per heavy atom. The quantitative estimate of drug-likeness (QED) is 0.110. The number of hydrogen-bond acceptors (Lipinski definition) is 8. The van der Waals surface area contributed by atoms with Crippen LogP contribution in [0.25, 0.3) is 26.5 Å².